The summed E-state index contributed by atoms with van der Waals surface area (Å²) in [5.74, 6) is -0.133. The van der Waals surface area contributed by atoms with E-state index in [9.17, 15) is 9.59 Å². The summed E-state index contributed by atoms with van der Waals surface area (Å²) in [4.78, 5) is 24.6. The summed E-state index contributed by atoms with van der Waals surface area (Å²) in [6, 6.07) is 7.15. The van der Waals surface area contributed by atoms with Crippen molar-refractivity contribution in [1.82, 2.24) is 10.2 Å². The molecule has 0 aliphatic heterocycles. The Kier molecular flexibility index (Phi) is 9.59. The number of rotatable bonds is 5. The van der Waals surface area contributed by atoms with E-state index in [0.717, 1.165) is 12.0 Å². The molecule has 4 heteroatoms. The highest BCUT2D eigenvalue weighted by molar-refractivity contribution is 5.95. The maximum Gasteiger partial charge on any atom is 0.251 e. The zero-order valence-corrected chi connectivity index (χ0v) is 13.6. The van der Waals surface area contributed by atoms with E-state index in [4.69, 9.17) is 0 Å². The first kappa shape index (κ1) is 18.9. The lowest BCUT2D eigenvalue weighted by molar-refractivity contribution is -0.123. The minimum atomic E-state index is -0.0678. The largest absolute Gasteiger partial charge is 0.352 e. The second-order valence-corrected chi connectivity index (χ2v) is 4.44. The number of amides is 2. The van der Waals surface area contributed by atoms with Crippen LogP contribution in [0, 0.1) is 0 Å². The Labute approximate surface area is 127 Å². The van der Waals surface area contributed by atoms with Gasteiger partial charge in [0.25, 0.3) is 5.91 Å². The number of carbonyl (C=O) groups excluding carboxylic acids is 2. The van der Waals surface area contributed by atoms with Gasteiger partial charge in [-0.1, -0.05) is 32.9 Å². The van der Waals surface area contributed by atoms with Crippen LogP contribution in [-0.2, 0) is 4.79 Å². The van der Waals surface area contributed by atoms with Crippen molar-refractivity contribution in [2.75, 3.05) is 20.6 Å². The van der Waals surface area contributed by atoms with E-state index in [1.54, 1.807) is 32.3 Å². The van der Waals surface area contributed by atoms with Gasteiger partial charge < -0.3 is 10.2 Å². The van der Waals surface area contributed by atoms with E-state index in [1.807, 2.05) is 32.9 Å². The van der Waals surface area contributed by atoms with Crippen molar-refractivity contribution in [3.8, 4) is 0 Å². The van der Waals surface area contributed by atoms with E-state index >= 15 is 0 Å². The van der Waals surface area contributed by atoms with Crippen molar-refractivity contribution >= 4 is 17.9 Å². The maximum absolute atomic E-state index is 11.7. The van der Waals surface area contributed by atoms with Crippen LogP contribution in [0.4, 0.5) is 0 Å². The topological polar surface area (TPSA) is 49.4 Å². The van der Waals surface area contributed by atoms with E-state index in [1.165, 1.54) is 11.0 Å². The predicted octanol–water partition coefficient (Wildman–Crippen LogP) is 2.95. The van der Waals surface area contributed by atoms with E-state index < -0.39 is 0 Å². The van der Waals surface area contributed by atoms with Gasteiger partial charge in [0.2, 0.25) is 5.91 Å². The first-order valence-corrected chi connectivity index (χ1v) is 7.32. The summed E-state index contributed by atoms with van der Waals surface area (Å²) in [6.07, 6.45) is 4.15. The van der Waals surface area contributed by atoms with Gasteiger partial charge in [-0.05, 0) is 30.2 Å². The van der Waals surface area contributed by atoms with Gasteiger partial charge in [-0.15, -0.1) is 0 Å². The monoisotopic (exact) mass is 290 g/mol. The molecule has 0 heterocycles. The van der Waals surface area contributed by atoms with Gasteiger partial charge in [0, 0.05) is 32.3 Å². The van der Waals surface area contributed by atoms with Crippen molar-refractivity contribution in [2.45, 2.75) is 27.2 Å². The highest BCUT2D eigenvalue weighted by atomic mass is 16.2. The molecule has 0 unspecified atom stereocenters. The smallest absolute Gasteiger partial charge is 0.251 e. The number of benzene rings is 1. The third-order valence-corrected chi connectivity index (χ3v) is 2.57. The second-order valence-electron chi connectivity index (χ2n) is 4.44. The summed E-state index contributed by atoms with van der Waals surface area (Å²) in [6.45, 7) is 6.69. The highest BCUT2D eigenvalue weighted by Gasteiger charge is 2.03. The fourth-order valence-electron chi connectivity index (χ4n) is 1.40. The van der Waals surface area contributed by atoms with E-state index in [-0.39, 0.29) is 11.8 Å². The van der Waals surface area contributed by atoms with Crippen LogP contribution in [0.1, 0.15) is 43.1 Å². The van der Waals surface area contributed by atoms with Gasteiger partial charge in [-0.3, -0.25) is 9.59 Å². The average Bonchev–Trinajstić information content (AvgIpc) is 2.52. The minimum absolute atomic E-state index is 0.0650. The minimum Gasteiger partial charge on any atom is -0.352 e. The molecule has 2 amide bonds. The molecule has 0 fully saturated rings. The highest BCUT2D eigenvalue weighted by Crippen LogP contribution is 2.06. The molecular weight excluding hydrogens is 264 g/mol. The van der Waals surface area contributed by atoms with Crippen LogP contribution < -0.4 is 5.32 Å². The lowest BCUT2D eigenvalue weighted by atomic mass is 10.1. The summed E-state index contributed by atoms with van der Waals surface area (Å²) in [7, 11) is 3.40. The lowest BCUT2D eigenvalue weighted by Gasteiger charge is -2.05. The molecule has 0 spiro atoms. The Balaban J connectivity index is 0.00000191. The van der Waals surface area contributed by atoms with Crippen LogP contribution in [0.3, 0.4) is 0 Å². The number of carbonyl (C=O) groups is 2. The van der Waals surface area contributed by atoms with Gasteiger partial charge in [0.1, 0.15) is 0 Å². The molecule has 0 aliphatic rings. The molecule has 0 saturated carbocycles. The molecule has 0 radical (unpaired) electrons. The summed E-state index contributed by atoms with van der Waals surface area (Å²) < 4.78 is 0. The Bertz CT molecular complexity index is 462. The van der Waals surface area contributed by atoms with Crippen LogP contribution >= 0.6 is 0 Å². The van der Waals surface area contributed by atoms with Crippen LogP contribution in [0.15, 0.2) is 30.3 Å². The predicted molar refractivity (Wildman–Crippen MR) is 88.1 cm³/mol. The van der Waals surface area contributed by atoms with Gasteiger partial charge in [-0.25, -0.2) is 0 Å². The Morgan fingerprint density at radius 3 is 2.19 bits per heavy atom. The Morgan fingerprint density at radius 1 is 1.14 bits per heavy atom. The number of nitrogens with one attached hydrogen (secondary N) is 1. The zero-order valence-electron chi connectivity index (χ0n) is 13.6. The quantitative estimate of drug-likeness (QED) is 0.848. The summed E-state index contributed by atoms with van der Waals surface area (Å²) in [5, 5.41) is 2.82. The molecule has 4 nitrogen and oxygen atoms in total. The summed E-state index contributed by atoms with van der Waals surface area (Å²) in [5.41, 5.74) is 1.52. The molecule has 1 aromatic rings. The Hall–Kier alpha value is -2.10. The standard InChI is InChI=1S/C15H20N2O2.C2H6/c1-4-11-16-15(19)13-8-5-12(6-9-13)7-10-14(18)17(2)3;1-2/h5-10H,4,11H2,1-3H3,(H,16,19);1-2H3/b10-7+;. The average molecular weight is 290 g/mol. The number of likely N-dealkylation sites (N-methyl/N-ethyl adjacent to an activating group) is 1. The van der Waals surface area contributed by atoms with Crippen molar-refractivity contribution in [1.29, 1.82) is 0 Å². The molecule has 0 saturated heterocycles. The van der Waals surface area contributed by atoms with Crippen molar-refractivity contribution < 1.29 is 9.59 Å². The van der Waals surface area contributed by atoms with Gasteiger partial charge in [0.05, 0.1) is 0 Å². The molecule has 21 heavy (non-hydrogen) atoms. The maximum atomic E-state index is 11.7. The van der Waals surface area contributed by atoms with Gasteiger partial charge in [0.15, 0.2) is 0 Å². The van der Waals surface area contributed by atoms with Crippen LogP contribution in [-0.4, -0.2) is 37.4 Å². The second kappa shape index (κ2) is 10.7. The molecule has 116 valence electrons. The van der Waals surface area contributed by atoms with Crippen LogP contribution in [0.25, 0.3) is 6.08 Å². The number of nitrogens with zero attached hydrogens (tertiary/aromatic N) is 1. The first-order valence-electron chi connectivity index (χ1n) is 7.32. The molecule has 1 N–H and O–H groups in total. The molecule has 1 rings (SSSR count). The number of hydrogen-bond donors (Lipinski definition) is 1. The van der Waals surface area contributed by atoms with Crippen LogP contribution in [0.2, 0.25) is 0 Å². The van der Waals surface area contributed by atoms with E-state index in [2.05, 4.69) is 5.32 Å². The fourth-order valence-corrected chi connectivity index (χ4v) is 1.40. The van der Waals surface area contributed by atoms with Gasteiger partial charge >= 0.3 is 0 Å². The third-order valence-electron chi connectivity index (χ3n) is 2.57. The van der Waals surface area contributed by atoms with E-state index in [0.29, 0.717) is 12.1 Å². The first-order chi connectivity index (χ1) is 10.0. The zero-order chi connectivity index (χ0) is 16.3. The normalized spacial score (nSPS) is 9.76. The van der Waals surface area contributed by atoms with Gasteiger partial charge in [-0.2, -0.15) is 0 Å². The van der Waals surface area contributed by atoms with Crippen molar-refractivity contribution in [2.24, 2.45) is 0 Å². The summed E-state index contributed by atoms with van der Waals surface area (Å²) >= 11 is 0. The van der Waals surface area contributed by atoms with Crippen molar-refractivity contribution in [3.63, 3.8) is 0 Å². The Morgan fingerprint density at radius 2 is 1.71 bits per heavy atom. The fraction of sp³-hybridized carbons (Fsp3) is 0.412. The molecule has 0 bridgehead atoms. The molecule has 1 aromatic carbocycles. The molecule has 0 aromatic heterocycles. The van der Waals surface area contributed by atoms with Crippen molar-refractivity contribution in [3.05, 3.63) is 41.5 Å². The SMILES string of the molecule is CC.CCCNC(=O)c1ccc(/C=C/C(=O)N(C)C)cc1. The lowest BCUT2D eigenvalue weighted by Crippen LogP contribution is -2.23. The van der Waals surface area contributed by atoms with Crippen LogP contribution in [0.5, 0.6) is 0 Å². The molecule has 0 atom stereocenters. The third kappa shape index (κ3) is 7.30. The molecule has 0 aliphatic carbocycles. The molecular formula is C17H26N2O2. The number of hydrogen-bond acceptors (Lipinski definition) is 2.